The molecule has 2 heteroatoms. The first-order valence-electron chi connectivity index (χ1n) is 5.57. The maximum atomic E-state index is 9.10. The van der Waals surface area contributed by atoms with Crippen LogP contribution in [0, 0.1) is 0 Å². The average Bonchev–Trinajstić information content (AvgIpc) is 2.18. The summed E-state index contributed by atoms with van der Waals surface area (Å²) in [5, 5.41) is 9.10. The van der Waals surface area contributed by atoms with Crippen molar-refractivity contribution in [3.63, 3.8) is 0 Å². The van der Waals surface area contributed by atoms with Gasteiger partial charge in [0.05, 0.1) is 0 Å². The van der Waals surface area contributed by atoms with Gasteiger partial charge >= 0.3 is 0 Å². The number of rotatable bonds is 4. The van der Waals surface area contributed by atoms with Crippen LogP contribution >= 0.6 is 0 Å². The van der Waals surface area contributed by atoms with Gasteiger partial charge in [-0.15, -0.1) is 0 Å². The summed E-state index contributed by atoms with van der Waals surface area (Å²) in [4.78, 5) is 2.43. The minimum Gasteiger partial charge on any atom is -0.396 e. The molecule has 0 aromatic carbocycles. The zero-order chi connectivity index (χ0) is 9.73. The second-order valence-electron chi connectivity index (χ2n) is 4.27. The molecule has 1 aliphatic rings. The number of hydrogen-bond acceptors (Lipinski definition) is 2. The first-order valence-corrected chi connectivity index (χ1v) is 5.57. The maximum Gasteiger partial charge on any atom is 0.0448 e. The summed E-state index contributed by atoms with van der Waals surface area (Å²) < 4.78 is 0. The maximum absolute atomic E-state index is 9.10. The Balaban J connectivity index is 2.60. The van der Waals surface area contributed by atoms with Crippen LogP contribution in [-0.4, -0.2) is 35.7 Å². The van der Waals surface area contributed by atoms with Gasteiger partial charge in [-0.2, -0.15) is 0 Å². The Labute approximate surface area is 81.9 Å². The molecule has 1 aliphatic carbocycles. The Kier molecular flexibility index (Phi) is 4.20. The Hall–Kier alpha value is -0.0800. The highest BCUT2D eigenvalue weighted by Gasteiger charge is 2.34. The topological polar surface area (TPSA) is 23.5 Å². The summed E-state index contributed by atoms with van der Waals surface area (Å²) in [6.07, 6.45) is 7.56. The van der Waals surface area contributed by atoms with E-state index >= 15 is 0 Å². The van der Waals surface area contributed by atoms with Crippen LogP contribution in [0.25, 0.3) is 0 Å². The molecule has 1 rings (SSSR count). The minimum atomic E-state index is 0.321. The predicted molar refractivity (Wildman–Crippen MR) is 55.8 cm³/mol. The summed E-state index contributed by atoms with van der Waals surface area (Å²) >= 11 is 0. The molecule has 0 heterocycles. The van der Waals surface area contributed by atoms with Crippen molar-refractivity contribution in [2.75, 3.05) is 20.2 Å². The van der Waals surface area contributed by atoms with E-state index in [-0.39, 0.29) is 0 Å². The molecule has 1 fully saturated rings. The Morgan fingerprint density at radius 1 is 1.23 bits per heavy atom. The monoisotopic (exact) mass is 185 g/mol. The molecule has 0 bridgehead atoms. The zero-order valence-corrected chi connectivity index (χ0v) is 9.05. The molecule has 0 aromatic heterocycles. The molecule has 13 heavy (non-hydrogen) atoms. The molecule has 1 saturated carbocycles. The van der Waals surface area contributed by atoms with Gasteiger partial charge < -0.3 is 10.0 Å². The molecule has 0 atom stereocenters. The predicted octanol–water partition coefficient (Wildman–Crippen LogP) is 2.02. The van der Waals surface area contributed by atoms with Crippen molar-refractivity contribution in [1.29, 1.82) is 0 Å². The Morgan fingerprint density at radius 3 is 2.31 bits per heavy atom. The summed E-state index contributed by atoms with van der Waals surface area (Å²) in [6, 6.07) is 0. The normalized spacial score (nSPS) is 22.2. The molecular formula is C11H23NO. The Morgan fingerprint density at radius 2 is 1.85 bits per heavy atom. The third-order valence-electron chi connectivity index (χ3n) is 3.65. The second kappa shape index (κ2) is 4.97. The highest BCUT2D eigenvalue weighted by molar-refractivity contribution is 4.91. The lowest BCUT2D eigenvalue weighted by molar-refractivity contribution is 0.0527. The Bertz CT molecular complexity index is 136. The largest absolute Gasteiger partial charge is 0.396 e. The quantitative estimate of drug-likeness (QED) is 0.724. The third kappa shape index (κ3) is 2.44. The smallest absolute Gasteiger partial charge is 0.0448 e. The molecule has 0 radical (unpaired) electrons. The van der Waals surface area contributed by atoms with Crippen molar-refractivity contribution in [2.24, 2.45) is 0 Å². The van der Waals surface area contributed by atoms with Crippen LogP contribution in [0.4, 0.5) is 0 Å². The summed E-state index contributed by atoms with van der Waals surface area (Å²) in [5.41, 5.74) is 0.321. The summed E-state index contributed by atoms with van der Waals surface area (Å²) in [5.74, 6) is 0. The molecule has 0 saturated heterocycles. The number of aliphatic hydroxyl groups excluding tert-OH is 1. The van der Waals surface area contributed by atoms with E-state index in [0.29, 0.717) is 12.1 Å². The zero-order valence-electron chi connectivity index (χ0n) is 9.05. The lowest BCUT2D eigenvalue weighted by Crippen LogP contribution is -2.48. The van der Waals surface area contributed by atoms with Crippen molar-refractivity contribution in [3.8, 4) is 0 Å². The van der Waals surface area contributed by atoms with Crippen LogP contribution in [0.1, 0.15) is 45.4 Å². The van der Waals surface area contributed by atoms with Gasteiger partial charge in [0.1, 0.15) is 0 Å². The molecule has 0 unspecified atom stereocenters. The first-order chi connectivity index (χ1) is 6.25. The van der Waals surface area contributed by atoms with Gasteiger partial charge in [-0.05, 0) is 32.9 Å². The van der Waals surface area contributed by atoms with E-state index in [9.17, 15) is 0 Å². The van der Waals surface area contributed by atoms with Gasteiger partial charge in [0.15, 0.2) is 0 Å². The highest BCUT2D eigenvalue weighted by atomic mass is 16.3. The second-order valence-corrected chi connectivity index (χ2v) is 4.27. The summed E-state index contributed by atoms with van der Waals surface area (Å²) in [6.45, 7) is 3.64. The van der Waals surface area contributed by atoms with Crippen LogP contribution < -0.4 is 0 Å². The van der Waals surface area contributed by atoms with Crippen LogP contribution in [0.15, 0.2) is 0 Å². The molecule has 2 nitrogen and oxygen atoms in total. The molecule has 0 aliphatic heterocycles. The minimum absolute atomic E-state index is 0.321. The molecule has 0 amide bonds. The number of nitrogens with zero attached hydrogens (tertiary/aromatic N) is 1. The lowest BCUT2D eigenvalue weighted by Gasteiger charge is -2.44. The van der Waals surface area contributed by atoms with E-state index in [1.165, 1.54) is 32.1 Å². The highest BCUT2D eigenvalue weighted by Crippen LogP contribution is 2.35. The van der Waals surface area contributed by atoms with E-state index in [2.05, 4.69) is 18.9 Å². The van der Waals surface area contributed by atoms with Crippen molar-refractivity contribution in [1.82, 2.24) is 4.90 Å². The summed E-state index contributed by atoms with van der Waals surface area (Å²) in [7, 11) is 2.20. The third-order valence-corrected chi connectivity index (χ3v) is 3.65. The standard InChI is InChI=1S/C11H23NO/c1-3-12(2)11(9-10-13)7-5-4-6-8-11/h13H,3-10H2,1-2H3. The van der Waals surface area contributed by atoms with Crippen molar-refractivity contribution in [3.05, 3.63) is 0 Å². The van der Waals surface area contributed by atoms with Gasteiger partial charge in [-0.25, -0.2) is 0 Å². The van der Waals surface area contributed by atoms with E-state index in [0.717, 1.165) is 13.0 Å². The molecule has 0 aromatic rings. The van der Waals surface area contributed by atoms with Gasteiger partial charge in [0.25, 0.3) is 0 Å². The van der Waals surface area contributed by atoms with Crippen LogP contribution in [0.2, 0.25) is 0 Å². The molecular weight excluding hydrogens is 162 g/mol. The van der Waals surface area contributed by atoms with E-state index in [1.807, 2.05) is 0 Å². The lowest BCUT2D eigenvalue weighted by atomic mass is 9.78. The fraction of sp³-hybridized carbons (Fsp3) is 1.00. The van der Waals surface area contributed by atoms with Gasteiger partial charge in [-0.1, -0.05) is 26.2 Å². The fourth-order valence-corrected chi connectivity index (χ4v) is 2.58. The van der Waals surface area contributed by atoms with E-state index in [1.54, 1.807) is 0 Å². The molecule has 78 valence electrons. The number of hydrogen-bond donors (Lipinski definition) is 1. The van der Waals surface area contributed by atoms with Gasteiger partial charge in [0.2, 0.25) is 0 Å². The first kappa shape index (κ1) is 11.0. The van der Waals surface area contributed by atoms with Crippen molar-refractivity contribution < 1.29 is 5.11 Å². The van der Waals surface area contributed by atoms with Crippen molar-refractivity contribution in [2.45, 2.75) is 51.0 Å². The van der Waals surface area contributed by atoms with E-state index < -0.39 is 0 Å². The fourth-order valence-electron chi connectivity index (χ4n) is 2.58. The SMILES string of the molecule is CCN(C)C1(CCO)CCCCC1. The van der Waals surface area contributed by atoms with Gasteiger partial charge in [-0.3, -0.25) is 0 Å². The van der Waals surface area contributed by atoms with Crippen LogP contribution in [-0.2, 0) is 0 Å². The molecule has 1 N–H and O–H groups in total. The van der Waals surface area contributed by atoms with E-state index in [4.69, 9.17) is 5.11 Å². The van der Waals surface area contributed by atoms with Crippen LogP contribution in [0.3, 0.4) is 0 Å². The number of aliphatic hydroxyl groups is 1. The molecule has 0 spiro atoms. The van der Waals surface area contributed by atoms with Crippen molar-refractivity contribution >= 4 is 0 Å². The average molecular weight is 185 g/mol. The van der Waals surface area contributed by atoms with Crippen LogP contribution in [0.5, 0.6) is 0 Å². The van der Waals surface area contributed by atoms with Gasteiger partial charge in [0, 0.05) is 12.1 Å².